The maximum atomic E-state index is 7.50. The Labute approximate surface area is 284 Å². The van der Waals surface area contributed by atoms with E-state index in [0.29, 0.717) is 52.6 Å². The predicted molar refractivity (Wildman–Crippen MR) is 194 cm³/mol. The Bertz CT molecular complexity index is 1220. The number of hydrogen-bond acceptors (Lipinski definition) is 5. The molecule has 0 N–H and O–H groups in total. The van der Waals surface area contributed by atoms with E-state index in [-0.39, 0.29) is 5.04 Å². The Kier molecular flexibility index (Phi) is 9.50. The summed E-state index contributed by atoms with van der Waals surface area (Å²) in [5.74, 6) is 7.44. The first-order valence-corrected chi connectivity index (χ1v) is 25.9. The van der Waals surface area contributed by atoms with Gasteiger partial charge in [0.1, 0.15) is 0 Å². The van der Waals surface area contributed by atoms with Crippen molar-refractivity contribution in [1.82, 2.24) is 10.1 Å². The van der Waals surface area contributed by atoms with Crippen molar-refractivity contribution >= 4 is 16.6 Å². The lowest BCUT2D eigenvalue weighted by Gasteiger charge is -2.66. The zero-order valence-electron chi connectivity index (χ0n) is 31.9. The molecule has 5 aliphatic carbocycles. The lowest BCUT2D eigenvalue weighted by atomic mass is 9.41. The third kappa shape index (κ3) is 6.43. The van der Waals surface area contributed by atoms with E-state index < -0.39 is 16.6 Å². The molecule has 11 atom stereocenters. The second kappa shape index (κ2) is 12.4. The first-order chi connectivity index (χ1) is 21.4. The van der Waals surface area contributed by atoms with Gasteiger partial charge in [-0.15, -0.1) is 0 Å². The zero-order chi connectivity index (χ0) is 33.4. The molecule has 0 spiro atoms. The van der Waals surface area contributed by atoms with Crippen LogP contribution in [0.15, 0.2) is 4.52 Å². The van der Waals surface area contributed by atoms with Gasteiger partial charge in [-0.25, -0.2) is 0 Å². The molecule has 0 aliphatic heterocycles. The molecule has 6 rings (SSSR count). The number of aromatic nitrogens is 2. The van der Waals surface area contributed by atoms with Crippen LogP contribution in [0.5, 0.6) is 0 Å². The van der Waals surface area contributed by atoms with Crippen molar-refractivity contribution in [2.75, 3.05) is 0 Å². The number of fused-ring (bicyclic) bond motifs is 5. The maximum Gasteiger partial charge on any atom is 0.226 e. The summed E-state index contributed by atoms with van der Waals surface area (Å²) in [6, 6.07) is 0. The molecule has 1 heterocycles. The average molecular weight is 671 g/mol. The molecule has 1 aromatic rings. The van der Waals surface area contributed by atoms with E-state index in [1.54, 1.807) is 0 Å². The molecule has 5 aliphatic rings. The Balaban J connectivity index is 1.24. The molecular formula is C39H70N2O3Si2. The Hall–Kier alpha value is -0.506. The van der Waals surface area contributed by atoms with E-state index in [9.17, 15) is 0 Å². The average Bonchev–Trinajstić information content (AvgIpc) is 3.58. The van der Waals surface area contributed by atoms with Crippen LogP contribution in [0.25, 0.3) is 0 Å². The van der Waals surface area contributed by atoms with Crippen LogP contribution in [-0.4, -0.2) is 39.0 Å². The lowest BCUT2D eigenvalue weighted by molar-refractivity contribution is -0.197. The number of aryl methyl sites for hydroxylation is 1. The molecule has 1 aromatic heterocycles. The van der Waals surface area contributed by atoms with Gasteiger partial charge >= 0.3 is 0 Å². The van der Waals surface area contributed by atoms with Crippen LogP contribution in [0.3, 0.4) is 0 Å². The van der Waals surface area contributed by atoms with E-state index in [1.807, 2.05) is 0 Å². The van der Waals surface area contributed by atoms with Crippen LogP contribution in [0.4, 0.5) is 0 Å². The van der Waals surface area contributed by atoms with Gasteiger partial charge in [-0.1, -0.05) is 60.0 Å². The monoisotopic (exact) mass is 670 g/mol. The van der Waals surface area contributed by atoms with Gasteiger partial charge < -0.3 is 13.4 Å². The van der Waals surface area contributed by atoms with Gasteiger partial charge in [-0.2, -0.15) is 4.98 Å². The first kappa shape index (κ1) is 35.3. The minimum absolute atomic E-state index is 0.258. The molecule has 0 aromatic carbocycles. The van der Waals surface area contributed by atoms with Crippen LogP contribution in [-0.2, 0) is 15.3 Å². The molecule has 5 nitrogen and oxygen atoms in total. The molecular weight excluding hydrogens is 601 g/mol. The fourth-order valence-electron chi connectivity index (χ4n) is 11.6. The Morgan fingerprint density at radius 1 is 0.891 bits per heavy atom. The summed E-state index contributed by atoms with van der Waals surface area (Å²) in [4.78, 5) is 4.77. The zero-order valence-corrected chi connectivity index (χ0v) is 33.9. The van der Waals surface area contributed by atoms with Crippen molar-refractivity contribution in [2.24, 2.45) is 52.3 Å². The quantitative estimate of drug-likeness (QED) is 0.232. The summed E-state index contributed by atoms with van der Waals surface area (Å²) in [5, 5.41) is 4.56. The minimum Gasteiger partial charge on any atom is -0.414 e. The summed E-state index contributed by atoms with van der Waals surface area (Å²) < 4.78 is 20.4. The summed E-state index contributed by atoms with van der Waals surface area (Å²) >= 11 is 0. The second-order valence-electron chi connectivity index (χ2n) is 20.0. The van der Waals surface area contributed by atoms with Crippen molar-refractivity contribution in [2.45, 2.75) is 181 Å². The van der Waals surface area contributed by atoms with Crippen LogP contribution in [0.2, 0.25) is 37.8 Å². The van der Waals surface area contributed by atoms with Gasteiger partial charge in [0.15, 0.2) is 22.5 Å². The third-order valence-corrected chi connectivity index (χ3v) is 20.6. The van der Waals surface area contributed by atoms with Crippen molar-refractivity contribution < 1.29 is 13.4 Å². The predicted octanol–water partition coefficient (Wildman–Crippen LogP) is 11.0. The highest BCUT2D eigenvalue weighted by atomic mass is 28.4. The van der Waals surface area contributed by atoms with Crippen molar-refractivity contribution in [3.63, 3.8) is 0 Å². The van der Waals surface area contributed by atoms with E-state index in [1.165, 1.54) is 64.2 Å². The van der Waals surface area contributed by atoms with Gasteiger partial charge in [0.05, 0.1) is 6.10 Å². The van der Waals surface area contributed by atoms with Gasteiger partial charge in [0.2, 0.25) is 5.89 Å². The van der Waals surface area contributed by atoms with E-state index in [2.05, 4.69) is 86.4 Å². The standard InChI is InChI=1S/C39H70N2O3Si2/c1-13-28-32-24-27(43-46(11,12)37(3,4)5)20-22-39(32,7)31-21-23-38(6)29(17-18-30(38)34(31)35(28)44-45(8,9)10)25(2)14-19-33-40-36(41-42-33)26-15-16-26/h25-32,34-35H,13-24H2,1-12H3/t25-,27?,28-,29?,30+,31+,32?,34+,35?,38?,39?/m1/s1. The molecule has 7 heteroatoms. The van der Waals surface area contributed by atoms with Gasteiger partial charge in [0, 0.05) is 18.4 Å². The van der Waals surface area contributed by atoms with Gasteiger partial charge in [0.25, 0.3) is 0 Å². The SMILES string of the molecule is CC[C@H]1C(O[Si](C)(C)C)[C@@H]2[C@H](CCC3(C)C([C@H](C)CCc4nc(C5CC5)no4)CC[C@@H]23)C2(C)CCC(O[Si](C)(C)C(C)(C)C)CC12. The normalized spacial score (nSPS) is 40.7. The number of nitrogens with zero attached hydrogens (tertiary/aromatic N) is 2. The molecule has 0 radical (unpaired) electrons. The minimum atomic E-state index is -1.81. The first-order valence-electron chi connectivity index (χ1n) is 19.6. The molecule has 262 valence electrons. The van der Waals surface area contributed by atoms with E-state index in [4.69, 9.17) is 18.4 Å². The highest BCUT2D eigenvalue weighted by Crippen LogP contribution is 2.70. The smallest absolute Gasteiger partial charge is 0.226 e. The highest BCUT2D eigenvalue weighted by molar-refractivity contribution is 6.74. The molecule has 5 saturated carbocycles. The molecule has 0 bridgehead atoms. The summed E-state index contributed by atoms with van der Waals surface area (Å²) in [5.41, 5.74) is 0.806. The molecule has 5 fully saturated rings. The second-order valence-corrected chi connectivity index (χ2v) is 29.2. The maximum absolute atomic E-state index is 7.50. The fourth-order valence-corrected chi connectivity index (χ4v) is 14.1. The topological polar surface area (TPSA) is 57.4 Å². The van der Waals surface area contributed by atoms with Crippen molar-refractivity contribution in [3.05, 3.63) is 11.7 Å². The van der Waals surface area contributed by atoms with Crippen LogP contribution in [0.1, 0.15) is 137 Å². The Morgan fingerprint density at radius 3 is 2.20 bits per heavy atom. The van der Waals surface area contributed by atoms with Gasteiger partial charge in [-0.3, -0.25) is 0 Å². The van der Waals surface area contributed by atoms with E-state index >= 15 is 0 Å². The lowest BCUT2D eigenvalue weighted by Crippen LogP contribution is -2.64. The molecule has 0 amide bonds. The largest absolute Gasteiger partial charge is 0.414 e. The van der Waals surface area contributed by atoms with Crippen molar-refractivity contribution in [3.8, 4) is 0 Å². The van der Waals surface area contributed by atoms with Crippen LogP contribution in [0, 0.1) is 52.3 Å². The summed E-state index contributed by atoms with van der Waals surface area (Å²) in [7, 11) is -3.56. The fraction of sp³-hybridized carbons (Fsp3) is 0.949. The molecule has 46 heavy (non-hydrogen) atoms. The number of hydrogen-bond donors (Lipinski definition) is 0. The van der Waals surface area contributed by atoms with Crippen LogP contribution >= 0.6 is 0 Å². The number of rotatable bonds is 10. The molecule has 6 unspecified atom stereocenters. The summed E-state index contributed by atoms with van der Waals surface area (Å²) in [6.45, 7) is 29.9. The van der Waals surface area contributed by atoms with Gasteiger partial charge in [-0.05, 0) is 154 Å². The summed E-state index contributed by atoms with van der Waals surface area (Å²) in [6.07, 6.45) is 16.0. The Morgan fingerprint density at radius 2 is 1.57 bits per heavy atom. The van der Waals surface area contributed by atoms with Crippen molar-refractivity contribution in [1.29, 1.82) is 0 Å². The van der Waals surface area contributed by atoms with E-state index in [0.717, 1.165) is 42.3 Å². The third-order valence-electron chi connectivity index (χ3n) is 15.1. The molecule has 0 saturated heterocycles. The highest BCUT2D eigenvalue weighted by Gasteiger charge is 2.66. The van der Waals surface area contributed by atoms with Crippen LogP contribution < -0.4 is 0 Å².